The predicted octanol–water partition coefficient (Wildman–Crippen LogP) is 2.36. The average molecular weight is 397 g/mol. The van der Waals surface area contributed by atoms with Gasteiger partial charge in [0.15, 0.2) is 31.2 Å². The van der Waals surface area contributed by atoms with Crippen molar-refractivity contribution in [2.24, 2.45) is 0 Å². The average Bonchev–Trinajstić information content (AvgIpc) is 2.32. The van der Waals surface area contributed by atoms with Crippen LogP contribution in [-0.4, -0.2) is 72.5 Å². The molecule has 9 heteroatoms. The number of aliphatic hydroxyl groups excluding tert-OH is 2. The summed E-state index contributed by atoms with van der Waals surface area (Å²) >= 11 is 0. The Labute approximate surface area is 149 Å². The summed E-state index contributed by atoms with van der Waals surface area (Å²) in [7, 11) is -5.78. The fraction of sp³-hybridized carbons (Fsp3) is 1.00. The summed E-state index contributed by atoms with van der Waals surface area (Å²) in [6, 6.07) is 0. The lowest BCUT2D eigenvalue weighted by atomic mass is 9.99. The highest BCUT2D eigenvalue weighted by atomic mass is 28.4. The monoisotopic (exact) mass is 396 g/mol. The summed E-state index contributed by atoms with van der Waals surface area (Å²) in [6.07, 6.45) is -3.24. The van der Waals surface area contributed by atoms with Gasteiger partial charge in [-0.3, -0.25) is 0 Å². The lowest BCUT2D eigenvalue weighted by molar-refractivity contribution is -0.275. The van der Waals surface area contributed by atoms with Gasteiger partial charge in [-0.25, -0.2) is 0 Å². The van der Waals surface area contributed by atoms with Gasteiger partial charge in [-0.1, -0.05) is 0 Å². The van der Waals surface area contributed by atoms with Crippen molar-refractivity contribution in [3.8, 4) is 0 Å². The van der Waals surface area contributed by atoms with Crippen molar-refractivity contribution in [1.29, 1.82) is 0 Å². The van der Waals surface area contributed by atoms with E-state index in [1.165, 1.54) is 0 Å². The lowest BCUT2D eigenvalue weighted by Gasteiger charge is -2.49. The fourth-order valence-corrected chi connectivity index (χ4v) is 5.92. The van der Waals surface area contributed by atoms with E-state index in [2.05, 4.69) is 58.9 Å². The Bertz CT molecular complexity index is 401. The van der Waals surface area contributed by atoms with Crippen LogP contribution in [0.25, 0.3) is 0 Å². The predicted molar refractivity (Wildman–Crippen MR) is 103 cm³/mol. The van der Waals surface area contributed by atoms with Gasteiger partial charge in [0.05, 0.1) is 6.61 Å². The molecular formula is C15H36O6Si3. The topological polar surface area (TPSA) is 77.4 Å². The van der Waals surface area contributed by atoms with Gasteiger partial charge in [0, 0.05) is 0 Å². The van der Waals surface area contributed by atoms with Gasteiger partial charge in [0.25, 0.3) is 0 Å². The minimum Gasteiger partial charge on any atom is -0.409 e. The molecular weight excluding hydrogens is 360 g/mol. The number of hydrogen-bond acceptors (Lipinski definition) is 6. The fourth-order valence-electron chi connectivity index (χ4n) is 2.67. The molecule has 0 saturated carbocycles. The highest BCUT2D eigenvalue weighted by molar-refractivity contribution is 6.70. The molecule has 144 valence electrons. The second-order valence-corrected chi connectivity index (χ2v) is 22.7. The molecule has 1 aliphatic rings. The Hall–Kier alpha value is 0.411. The van der Waals surface area contributed by atoms with E-state index in [1.54, 1.807) is 0 Å². The SMILES string of the molecule is C[Si](C)(C)O[C@@H]1[C@H](O[Si](C)(C)C)[C@@H](O[Si](C)(C)C)C(O)O[C@@H]1CO. The number of rotatable bonds is 7. The van der Waals surface area contributed by atoms with Crippen LogP contribution in [0.15, 0.2) is 0 Å². The van der Waals surface area contributed by atoms with Gasteiger partial charge in [-0.15, -0.1) is 0 Å². The zero-order valence-corrected chi connectivity index (χ0v) is 19.6. The number of hydrogen-bond donors (Lipinski definition) is 2. The molecule has 0 spiro atoms. The molecule has 0 aromatic rings. The van der Waals surface area contributed by atoms with Crippen molar-refractivity contribution in [3.05, 3.63) is 0 Å². The van der Waals surface area contributed by atoms with Gasteiger partial charge in [0.1, 0.15) is 24.4 Å². The molecule has 0 aliphatic carbocycles. The molecule has 2 N–H and O–H groups in total. The summed E-state index contributed by atoms with van der Waals surface area (Å²) in [6.45, 7) is 18.5. The molecule has 24 heavy (non-hydrogen) atoms. The normalized spacial score (nSPS) is 32.9. The van der Waals surface area contributed by atoms with Crippen LogP contribution >= 0.6 is 0 Å². The quantitative estimate of drug-likeness (QED) is 0.643. The van der Waals surface area contributed by atoms with Crippen LogP contribution < -0.4 is 0 Å². The van der Waals surface area contributed by atoms with E-state index in [1.807, 2.05) is 0 Å². The molecule has 1 rings (SSSR count). The molecule has 1 unspecified atom stereocenters. The molecule has 1 saturated heterocycles. The first-order valence-corrected chi connectivity index (χ1v) is 18.8. The molecule has 0 amide bonds. The zero-order valence-electron chi connectivity index (χ0n) is 16.6. The summed E-state index contributed by atoms with van der Waals surface area (Å²) in [4.78, 5) is 0. The maximum Gasteiger partial charge on any atom is 0.184 e. The largest absolute Gasteiger partial charge is 0.409 e. The molecule has 0 bridgehead atoms. The van der Waals surface area contributed by atoms with Crippen molar-refractivity contribution in [2.45, 2.75) is 89.6 Å². The summed E-state index contributed by atoms with van der Waals surface area (Å²) in [5.74, 6) is 0. The van der Waals surface area contributed by atoms with Gasteiger partial charge >= 0.3 is 0 Å². The Morgan fingerprint density at radius 2 is 1.08 bits per heavy atom. The van der Waals surface area contributed by atoms with Gasteiger partial charge in [0.2, 0.25) is 0 Å². The first-order chi connectivity index (χ1) is 10.6. The molecule has 0 aromatic heterocycles. The third-order valence-corrected chi connectivity index (χ3v) is 6.20. The van der Waals surface area contributed by atoms with Crippen molar-refractivity contribution in [3.63, 3.8) is 0 Å². The van der Waals surface area contributed by atoms with Crippen LogP contribution in [-0.2, 0) is 18.0 Å². The van der Waals surface area contributed by atoms with E-state index in [0.29, 0.717) is 0 Å². The molecule has 0 aromatic carbocycles. The summed E-state index contributed by atoms with van der Waals surface area (Å²) in [5, 5.41) is 20.2. The van der Waals surface area contributed by atoms with Crippen molar-refractivity contribution in [2.75, 3.05) is 6.61 Å². The summed E-state index contributed by atoms with van der Waals surface area (Å²) < 4.78 is 24.5. The van der Waals surface area contributed by atoms with Crippen molar-refractivity contribution >= 4 is 25.0 Å². The molecule has 1 fully saturated rings. The van der Waals surface area contributed by atoms with Crippen LogP contribution in [0.3, 0.4) is 0 Å². The van der Waals surface area contributed by atoms with Crippen LogP contribution in [0.4, 0.5) is 0 Å². The van der Waals surface area contributed by atoms with Crippen molar-refractivity contribution < 1.29 is 28.2 Å². The molecule has 0 radical (unpaired) electrons. The third kappa shape index (κ3) is 7.34. The van der Waals surface area contributed by atoms with E-state index in [0.717, 1.165) is 0 Å². The van der Waals surface area contributed by atoms with E-state index in [4.69, 9.17) is 18.0 Å². The maximum atomic E-state index is 10.5. The number of ether oxygens (including phenoxy) is 1. The van der Waals surface area contributed by atoms with Crippen molar-refractivity contribution in [1.82, 2.24) is 0 Å². The maximum absolute atomic E-state index is 10.5. The molecule has 6 nitrogen and oxygen atoms in total. The molecule has 1 aliphatic heterocycles. The first-order valence-electron chi connectivity index (χ1n) is 8.61. The lowest BCUT2D eigenvalue weighted by Crippen LogP contribution is -2.65. The van der Waals surface area contributed by atoms with Gasteiger partial charge in [-0.2, -0.15) is 0 Å². The summed E-state index contributed by atoms with van der Waals surface area (Å²) in [5.41, 5.74) is 0. The van der Waals surface area contributed by atoms with Gasteiger partial charge < -0.3 is 28.2 Å². The van der Waals surface area contributed by atoms with Crippen LogP contribution in [0, 0.1) is 0 Å². The second-order valence-electron chi connectivity index (χ2n) is 9.33. The van der Waals surface area contributed by atoms with E-state index in [-0.39, 0.29) is 6.61 Å². The molecule has 5 atom stereocenters. The Morgan fingerprint density at radius 3 is 1.46 bits per heavy atom. The van der Waals surface area contributed by atoms with Crippen LogP contribution in [0.2, 0.25) is 58.9 Å². The molecule has 1 heterocycles. The van der Waals surface area contributed by atoms with E-state index in [9.17, 15) is 10.2 Å². The van der Waals surface area contributed by atoms with Crippen LogP contribution in [0.5, 0.6) is 0 Å². The minimum absolute atomic E-state index is 0.225. The Balaban J connectivity index is 3.20. The first kappa shape index (κ1) is 22.5. The Kier molecular flexibility index (Phi) is 7.46. The van der Waals surface area contributed by atoms with Gasteiger partial charge in [-0.05, 0) is 58.9 Å². The highest BCUT2D eigenvalue weighted by Crippen LogP contribution is 2.32. The van der Waals surface area contributed by atoms with E-state index >= 15 is 0 Å². The minimum atomic E-state index is -1.94. The third-order valence-electron chi connectivity index (χ3n) is 3.26. The smallest absolute Gasteiger partial charge is 0.184 e. The highest BCUT2D eigenvalue weighted by Gasteiger charge is 2.50. The number of aliphatic hydroxyl groups is 2. The second kappa shape index (κ2) is 7.97. The van der Waals surface area contributed by atoms with E-state index < -0.39 is 55.7 Å². The zero-order chi connectivity index (χ0) is 18.9. The standard InChI is InChI=1S/C15H36O6Si3/c1-22(2,3)19-12-11(10-16)18-15(17)14(21-24(7,8)9)13(12)20-23(4,5)6/h11-17H,10H2,1-9H3/t11-,12+,13+,14-,15?/m1/s1. The Morgan fingerprint density at radius 1 is 0.708 bits per heavy atom. The van der Waals surface area contributed by atoms with Crippen LogP contribution in [0.1, 0.15) is 0 Å².